The number of rotatable bonds is 1. The van der Waals surface area contributed by atoms with E-state index in [4.69, 9.17) is 10.3 Å². The van der Waals surface area contributed by atoms with Crippen LogP contribution in [0.25, 0.3) is 22.2 Å². The van der Waals surface area contributed by atoms with Gasteiger partial charge in [-0.15, -0.1) is 0 Å². The number of aromatic nitrogens is 2. The average Bonchev–Trinajstić information content (AvgIpc) is 2.82. The number of fused-ring (bicyclic) bond motifs is 1. The number of hydrogen-bond donors (Lipinski definition) is 4. The predicted molar refractivity (Wildman–Crippen MR) is 67.4 cm³/mol. The van der Waals surface area contributed by atoms with E-state index in [1.807, 2.05) is 13.0 Å². The molecule has 6 nitrogen and oxygen atoms in total. The summed E-state index contributed by atoms with van der Waals surface area (Å²) in [6.45, 7) is 1.82. The Bertz CT molecular complexity index is 795. The lowest BCUT2D eigenvalue weighted by Gasteiger charge is -1.99. The van der Waals surface area contributed by atoms with Crippen molar-refractivity contribution in [3.63, 3.8) is 0 Å². The molecule has 6 heteroatoms. The minimum absolute atomic E-state index is 0.00209. The summed E-state index contributed by atoms with van der Waals surface area (Å²) < 4.78 is 5.09. The van der Waals surface area contributed by atoms with Crippen LogP contribution >= 0.6 is 0 Å². The molecule has 0 saturated heterocycles. The van der Waals surface area contributed by atoms with Gasteiger partial charge in [-0.25, -0.2) is 0 Å². The van der Waals surface area contributed by atoms with Crippen LogP contribution in [-0.2, 0) is 0 Å². The number of phenols is 1. The van der Waals surface area contributed by atoms with Crippen LogP contribution < -0.4 is 11.3 Å². The highest BCUT2D eigenvalue weighted by Gasteiger charge is 2.20. The maximum absolute atomic E-state index is 11.3. The van der Waals surface area contributed by atoms with Crippen molar-refractivity contribution in [3.8, 4) is 17.1 Å². The molecule has 0 saturated carbocycles. The quantitative estimate of drug-likeness (QED) is 0.523. The van der Waals surface area contributed by atoms with E-state index in [0.29, 0.717) is 10.9 Å². The fraction of sp³-hybridized carbons (Fsp3) is 0.0833. The van der Waals surface area contributed by atoms with E-state index in [1.165, 1.54) is 0 Å². The van der Waals surface area contributed by atoms with Crippen LogP contribution in [0.1, 0.15) is 5.69 Å². The van der Waals surface area contributed by atoms with E-state index < -0.39 is 5.56 Å². The number of benzene rings is 1. The zero-order chi connectivity index (χ0) is 12.9. The Morgan fingerprint density at radius 1 is 1.39 bits per heavy atom. The Morgan fingerprint density at radius 2 is 2.17 bits per heavy atom. The molecule has 0 unspecified atom stereocenters. The van der Waals surface area contributed by atoms with Crippen LogP contribution in [0.4, 0.5) is 5.69 Å². The summed E-state index contributed by atoms with van der Waals surface area (Å²) in [5.74, 6) is 0.348. The Balaban J connectivity index is 2.46. The Hall–Kier alpha value is -2.63. The van der Waals surface area contributed by atoms with E-state index in [1.54, 1.807) is 12.1 Å². The van der Waals surface area contributed by atoms with E-state index in [-0.39, 0.29) is 17.2 Å². The predicted octanol–water partition coefficient (Wildman–Crippen LogP) is 1.71. The van der Waals surface area contributed by atoms with Gasteiger partial charge in [0.05, 0.1) is 16.5 Å². The van der Waals surface area contributed by atoms with Crippen molar-refractivity contribution >= 4 is 16.6 Å². The molecule has 92 valence electrons. The summed E-state index contributed by atoms with van der Waals surface area (Å²) >= 11 is 0. The summed E-state index contributed by atoms with van der Waals surface area (Å²) in [7, 11) is 0. The highest BCUT2D eigenvalue weighted by molar-refractivity contribution is 6.02. The molecule has 0 radical (unpaired) electrons. The average molecular weight is 245 g/mol. The monoisotopic (exact) mass is 245 g/mol. The van der Waals surface area contributed by atoms with Gasteiger partial charge in [0.1, 0.15) is 11.4 Å². The smallest absolute Gasteiger partial charge is 0.303 e. The molecule has 0 fully saturated rings. The number of hydrogen-bond acceptors (Lipinski definition) is 4. The van der Waals surface area contributed by atoms with Crippen molar-refractivity contribution in [1.82, 2.24) is 10.1 Å². The molecule has 0 bridgehead atoms. The third-order valence-electron chi connectivity index (χ3n) is 2.95. The van der Waals surface area contributed by atoms with Crippen LogP contribution in [0.3, 0.4) is 0 Å². The summed E-state index contributed by atoms with van der Waals surface area (Å²) in [6.07, 6.45) is 0. The van der Waals surface area contributed by atoms with Crippen molar-refractivity contribution in [3.05, 3.63) is 34.2 Å². The molecular weight excluding hydrogens is 234 g/mol. The van der Waals surface area contributed by atoms with Crippen molar-refractivity contribution in [2.75, 3.05) is 5.73 Å². The topological polar surface area (TPSA) is 108 Å². The molecule has 0 aliphatic rings. The molecule has 3 aromatic rings. The fourth-order valence-electron chi connectivity index (χ4n) is 2.14. The van der Waals surface area contributed by atoms with Crippen molar-refractivity contribution in [2.45, 2.75) is 6.92 Å². The molecule has 2 heterocycles. The molecule has 0 atom stereocenters. The lowest BCUT2D eigenvalue weighted by Crippen LogP contribution is -2.04. The molecule has 0 amide bonds. The molecule has 0 aliphatic heterocycles. The fourth-order valence-corrected chi connectivity index (χ4v) is 2.14. The SMILES string of the molecule is Cc1[nH]c2cccc(O)c2c1-c1o[nH]c(=O)c1N. The molecule has 0 aliphatic carbocycles. The normalized spacial score (nSPS) is 11.2. The maximum atomic E-state index is 11.3. The molecular formula is C12H11N3O3. The number of aromatic amines is 2. The number of nitrogen functional groups attached to an aromatic ring is 1. The van der Waals surface area contributed by atoms with Gasteiger partial charge in [-0.3, -0.25) is 4.79 Å². The second kappa shape index (κ2) is 3.43. The zero-order valence-corrected chi connectivity index (χ0v) is 9.57. The number of H-pyrrole nitrogens is 2. The number of nitrogens with two attached hydrogens (primary N) is 1. The first-order chi connectivity index (χ1) is 8.59. The first-order valence-corrected chi connectivity index (χ1v) is 5.37. The second-order valence-electron chi connectivity index (χ2n) is 4.10. The van der Waals surface area contributed by atoms with Crippen LogP contribution in [-0.4, -0.2) is 15.2 Å². The van der Waals surface area contributed by atoms with Gasteiger partial charge in [-0.1, -0.05) is 6.07 Å². The van der Waals surface area contributed by atoms with E-state index in [0.717, 1.165) is 11.2 Å². The summed E-state index contributed by atoms with van der Waals surface area (Å²) in [5.41, 5.74) is 7.31. The second-order valence-corrected chi connectivity index (χ2v) is 4.10. The van der Waals surface area contributed by atoms with E-state index in [2.05, 4.69) is 10.1 Å². The van der Waals surface area contributed by atoms with Crippen molar-refractivity contribution < 1.29 is 9.63 Å². The minimum Gasteiger partial charge on any atom is -0.507 e. The highest BCUT2D eigenvalue weighted by atomic mass is 16.5. The number of aromatic hydroxyl groups is 1. The summed E-state index contributed by atoms with van der Waals surface area (Å²) in [4.78, 5) is 14.4. The lowest BCUT2D eigenvalue weighted by atomic mass is 10.1. The van der Waals surface area contributed by atoms with Gasteiger partial charge in [0, 0.05) is 5.69 Å². The van der Waals surface area contributed by atoms with Crippen LogP contribution in [0.15, 0.2) is 27.5 Å². The van der Waals surface area contributed by atoms with Gasteiger partial charge in [0.15, 0.2) is 5.76 Å². The summed E-state index contributed by atoms with van der Waals surface area (Å²) in [5, 5.41) is 12.7. The largest absolute Gasteiger partial charge is 0.507 e. The standard InChI is InChI=1S/C12H11N3O3/c1-5-8(11-10(13)12(17)15-18-11)9-6(14-5)3-2-4-7(9)16/h2-4,14,16H,13H2,1H3,(H,15,17). The van der Waals surface area contributed by atoms with E-state index >= 15 is 0 Å². The van der Waals surface area contributed by atoms with Gasteiger partial charge in [-0.2, -0.15) is 5.16 Å². The molecule has 18 heavy (non-hydrogen) atoms. The molecule has 2 aromatic heterocycles. The molecule has 3 rings (SSSR count). The lowest BCUT2D eigenvalue weighted by molar-refractivity contribution is 0.426. The maximum Gasteiger partial charge on any atom is 0.303 e. The molecule has 0 spiro atoms. The van der Waals surface area contributed by atoms with Crippen LogP contribution in [0, 0.1) is 6.92 Å². The number of nitrogens with one attached hydrogen (secondary N) is 2. The molecule has 1 aromatic carbocycles. The van der Waals surface area contributed by atoms with Crippen molar-refractivity contribution in [2.24, 2.45) is 0 Å². The number of anilines is 1. The van der Waals surface area contributed by atoms with E-state index in [9.17, 15) is 9.90 Å². The number of aryl methyl sites for hydroxylation is 1. The summed E-state index contributed by atoms with van der Waals surface area (Å²) in [6, 6.07) is 5.13. The molecule has 5 N–H and O–H groups in total. The van der Waals surface area contributed by atoms with Gasteiger partial charge in [0.25, 0.3) is 0 Å². The van der Waals surface area contributed by atoms with Gasteiger partial charge in [0.2, 0.25) is 0 Å². The third-order valence-corrected chi connectivity index (χ3v) is 2.95. The zero-order valence-electron chi connectivity index (χ0n) is 9.57. The highest BCUT2D eigenvalue weighted by Crippen LogP contribution is 2.38. The van der Waals surface area contributed by atoms with Crippen molar-refractivity contribution in [1.29, 1.82) is 0 Å². The first-order valence-electron chi connectivity index (χ1n) is 5.37. The number of phenolic OH excluding ortho intramolecular Hbond substituents is 1. The Kier molecular flexibility index (Phi) is 2.00. The van der Waals surface area contributed by atoms with Gasteiger partial charge >= 0.3 is 5.56 Å². The Morgan fingerprint density at radius 3 is 2.83 bits per heavy atom. The minimum atomic E-state index is -0.478. The van der Waals surface area contributed by atoms with Crippen LogP contribution in [0.5, 0.6) is 5.75 Å². The van der Waals surface area contributed by atoms with Crippen LogP contribution in [0.2, 0.25) is 0 Å². The first kappa shape index (κ1) is 10.5. The van der Waals surface area contributed by atoms with Gasteiger partial charge < -0.3 is 20.3 Å². The van der Waals surface area contributed by atoms with Gasteiger partial charge in [-0.05, 0) is 19.1 Å². The third kappa shape index (κ3) is 1.26. The Labute approximate surface area is 101 Å².